The van der Waals surface area contributed by atoms with E-state index in [0.29, 0.717) is 17.9 Å². The Labute approximate surface area is 134 Å². The van der Waals surface area contributed by atoms with Crippen LogP contribution in [-0.4, -0.2) is 66.8 Å². The highest BCUT2D eigenvalue weighted by Crippen LogP contribution is 2.32. The highest BCUT2D eigenvalue weighted by Gasteiger charge is 2.30. The van der Waals surface area contributed by atoms with Gasteiger partial charge >= 0.3 is 0 Å². The second kappa shape index (κ2) is 6.45. The molecule has 2 aromatic rings. The number of hydrogen-bond acceptors (Lipinski definition) is 6. The zero-order valence-corrected chi connectivity index (χ0v) is 13.7. The number of rotatable bonds is 4. The summed E-state index contributed by atoms with van der Waals surface area (Å²) in [6.07, 6.45) is 4.85. The molecule has 3 heterocycles. The van der Waals surface area contributed by atoms with Crippen LogP contribution in [0.3, 0.4) is 0 Å². The Bertz CT molecular complexity index is 676. The molecule has 1 amide bonds. The molecule has 124 valence electrons. The van der Waals surface area contributed by atoms with Crippen LogP contribution in [0.2, 0.25) is 0 Å². The maximum Gasteiger partial charge on any atom is 0.256 e. The highest BCUT2D eigenvalue weighted by molar-refractivity contribution is 5.94. The third-order valence-corrected chi connectivity index (χ3v) is 4.15. The van der Waals surface area contributed by atoms with Gasteiger partial charge in [0.1, 0.15) is 0 Å². The number of H-pyrrole nitrogens is 1. The number of tetrazole rings is 1. The zero-order chi connectivity index (χ0) is 16.4. The number of piperidine rings is 1. The quantitative estimate of drug-likeness (QED) is 0.874. The number of aromatic amines is 1. The van der Waals surface area contributed by atoms with Gasteiger partial charge in [-0.1, -0.05) is 6.42 Å². The molecular formula is C14H22N8O. The van der Waals surface area contributed by atoms with Gasteiger partial charge in [-0.05, 0) is 24.6 Å². The van der Waals surface area contributed by atoms with Gasteiger partial charge in [0.05, 0.1) is 37.1 Å². The second-order valence-electron chi connectivity index (χ2n) is 6.07. The van der Waals surface area contributed by atoms with Crippen LogP contribution >= 0.6 is 0 Å². The minimum atomic E-state index is -0.0306. The van der Waals surface area contributed by atoms with E-state index in [4.69, 9.17) is 0 Å². The largest absolute Gasteiger partial charge is 0.345 e. The van der Waals surface area contributed by atoms with Crippen molar-refractivity contribution in [2.24, 2.45) is 7.05 Å². The fraction of sp³-hybridized carbons (Fsp3) is 0.643. The van der Waals surface area contributed by atoms with Crippen LogP contribution in [-0.2, 0) is 13.6 Å². The molecular weight excluding hydrogens is 296 g/mol. The second-order valence-corrected chi connectivity index (χ2v) is 6.07. The first-order chi connectivity index (χ1) is 11.1. The highest BCUT2D eigenvalue weighted by atomic mass is 16.2. The molecule has 0 radical (unpaired) electrons. The Morgan fingerprint density at radius 1 is 1.43 bits per heavy atom. The molecule has 0 saturated carbocycles. The SMILES string of the molecule is CN(C)C(=O)c1cn[nH]c1C1CCCCN1Cc1nnn(C)n1. The van der Waals surface area contributed by atoms with E-state index in [2.05, 4.69) is 30.5 Å². The molecule has 9 heteroatoms. The molecule has 2 aromatic heterocycles. The van der Waals surface area contributed by atoms with Gasteiger partial charge in [0.25, 0.3) is 5.91 Å². The first-order valence-electron chi connectivity index (χ1n) is 7.78. The lowest BCUT2D eigenvalue weighted by Crippen LogP contribution is -2.35. The van der Waals surface area contributed by atoms with Gasteiger partial charge in [-0.15, -0.1) is 10.2 Å². The van der Waals surface area contributed by atoms with Gasteiger partial charge in [-0.3, -0.25) is 14.8 Å². The lowest BCUT2D eigenvalue weighted by molar-refractivity contribution is 0.0818. The monoisotopic (exact) mass is 318 g/mol. The van der Waals surface area contributed by atoms with E-state index in [1.54, 1.807) is 32.2 Å². The number of amides is 1. The van der Waals surface area contributed by atoms with Crippen molar-refractivity contribution in [2.45, 2.75) is 31.8 Å². The first-order valence-corrected chi connectivity index (χ1v) is 7.78. The fourth-order valence-corrected chi connectivity index (χ4v) is 3.04. The van der Waals surface area contributed by atoms with Crippen LogP contribution in [0.15, 0.2) is 6.20 Å². The van der Waals surface area contributed by atoms with Crippen molar-refractivity contribution in [1.82, 2.24) is 40.2 Å². The average molecular weight is 318 g/mol. The van der Waals surface area contributed by atoms with Crippen LogP contribution in [0.5, 0.6) is 0 Å². The Kier molecular flexibility index (Phi) is 4.37. The van der Waals surface area contributed by atoms with Gasteiger partial charge in [0.15, 0.2) is 5.82 Å². The molecule has 0 bridgehead atoms. The predicted octanol–water partition coefficient (Wildman–Crippen LogP) is 0.362. The average Bonchev–Trinajstić information content (AvgIpc) is 3.16. The molecule has 9 nitrogen and oxygen atoms in total. The van der Waals surface area contributed by atoms with Gasteiger partial charge in [0.2, 0.25) is 0 Å². The van der Waals surface area contributed by atoms with Crippen molar-refractivity contribution in [3.8, 4) is 0 Å². The van der Waals surface area contributed by atoms with Crippen LogP contribution in [0, 0.1) is 0 Å². The Morgan fingerprint density at radius 3 is 2.96 bits per heavy atom. The van der Waals surface area contributed by atoms with Gasteiger partial charge < -0.3 is 4.90 Å². The molecule has 0 aliphatic carbocycles. The van der Waals surface area contributed by atoms with Gasteiger partial charge in [-0.25, -0.2) is 0 Å². The summed E-state index contributed by atoms with van der Waals surface area (Å²) in [7, 11) is 5.26. The lowest BCUT2D eigenvalue weighted by Gasteiger charge is -2.34. The van der Waals surface area contributed by atoms with E-state index in [1.807, 2.05) is 0 Å². The number of nitrogens with zero attached hydrogens (tertiary/aromatic N) is 7. The molecule has 23 heavy (non-hydrogen) atoms. The van der Waals surface area contributed by atoms with Crippen LogP contribution in [0.25, 0.3) is 0 Å². The topological polar surface area (TPSA) is 95.8 Å². The van der Waals surface area contributed by atoms with E-state index in [0.717, 1.165) is 31.5 Å². The first kappa shape index (κ1) is 15.6. The van der Waals surface area contributed by atoms with Crippen molar-refractivity contribution >= 4 is 5.91 Å². The third kappa shape index (κ3) is 3.24. The lowest BCUT2D eigenvalue weighted by atomic mass is 9.96. The number of carbonyl (C=O) groups excluding carboxylic acids is 1. The maximum atomic E-state index is 12.3. The molecule has 1 saturated heterocycles. The minimum absolute atomic E-state index is 0.0306. The van der Waals surface area contributed by atoms with E-state index in [1.165, 1.54) is 4.80 Å². The molecule has 1 N–H and O–H groups in total. The summed E-state index contributed by atoms with van der Waals surface area (Å²) in [6, 6.07) is 0.119. The van der Waals surface area contributed by atoms with Crippen molar-refractivity contribution < 1.29 is 4.79 Å². The maximum absolute atomic E-state index is 12.3. The van der Waals surface area contributed by atoms with Gasteiger partial charge in [-0.2, -0.15) is 9.90 Å². The third-order valence-electron chi connectivity index (χ3n) is 4.15. The summed E-state index contributed by atoms with van der Waals surface area (Å²) >= 11 is 0. The van der Waals surface area contributed by atoms with E-state index >= 15 is 0 Å². The molecule has 1 aliphatic rings. The predicted molar refractivity (Wildman–Crippen MR) is 82.4 cm³/mol. The van der Waals surface area contributed by atoms with Crippen LogP contribution < -0.4 is 0 Å². The van der Waals surface area contributed by atoms with Crippen molar-refractivity contribution in [3.63, 3.8) is 0 Å². The van der Waals surface area contributed by atoms with E-state index in [9.17, 15) is 4.79 Å². The molecule has 0 aromatic carbocycles. The summed E-state index contributed by atoms with van der Waals surface area (Å²) in [5.41, 5.74) is 1.52. The van der Waals surface area contributed by atoms with Crippen LogP contribution in [0.1, 0.15) is 47.2 Å². The summed E-state index contributed by atoms with van der Waals surface area (Å²) in [5.74, 6) is 0.663. The van der Waals surface area contributed by atoms with Gasteiger partial charge in [0, 0.05) is 14.1 Å². The molecule has 1 unspecified atom stereocenters. The molecule has 0 spiro atoms. The Morgan fingerprint density at radius 2 is 2.26 bits per heavy atom. The smallest absolute Gasteiger partial charge is 0.256 e. The standard InChI is InChI=1S/C14H22N8O/c1-20(2)14(23)10-8-15-17-13(10)11-6-4-5-7-22(11)9-12-16-19-21(3)18-12/h8,11H,4-7,9H2,1-3H3,(H,15,17). The Balaban J connectivity index is 1.84. The number of hydrogen-bond donors (Lipinski definition) is 1. The summed E-state index contributed by atoms with van der Waals surface area (Å²) in [5, 5.41) is 19.3. The summed E-state index contributed by atoms with van der Waals surface area (Å²) in [4.78, 5) is 17.7. The molecule has 1 fully saturated rings. The molecule has 1 atom stereocenters. The Hall–Kier alpha value is -2.29. The fourth-order valence-electron chi connectivity index (χ4n) is 3.04. The number of aromatic nitrogens is 6. The van der Waals surface area contributed by atoms with Crippen molar-refractivity contribution in [3.05, 3.63) is 23.3 Å². The van der Waals surface area contributed by atoms with E-state index in [-0.39, 0.29) is 11.9 Å². The van der Waals surface area contributed by atoms with Crippen molar-refractivity contribution in [1.29, 1.82) is 0 Å². The number of nitrogens with one attached hydrogen (secondary N) is 1. The minimum Gasteiger partial charge on any atom is -0.345 e. The van der Waals surface area contributed by atoms with E-state index < -0.39 is 0 Å². The zero-order valence-electron chi connectivity index (χ0n) is 13.7. The summed E-state index contributed by atoms with van der Waals surface area (Å²) in [6.45, 7) is 1.56. The molecule has 3 rings (SSSR count). The van der Waals surface area contributed by atoms with Crippen molar-refractivity contribution in [2.75, 3.05) is 20.6 Å². The number of likely N-dealkylation sites (tertiary alicyclic amines) is 1. The van der Waals surface area contributed by atoms with Crippen LogP contribution in [0.4, 0.5) is 0 Å². The summed E-state index contributed by atoms with van der Waals surface area (Å²) < 4.78 is 0. The number of carbonyl (C=O) groups is 1. The number of aryl methyl sites for hydroxylation is 1. The normalized spacial score (nSPS) is 19.0. The molecule has 1 aliphatic heterocycles.